The first-order valence-electron chi connectivity index (χ1n) is 17.2. The van der Waals surface area contributed by atoms with Gasteiger partial charge in [0.1, 0.15) is 11.5 Å². The molecule has 0 aliphatic rings. The predicted octanol–water partition coefficient (Wildman–Crippen LogP) is 8.52. The lowest BCUT2D eigenvalue weighted by atomic mass is 10.1. The minimum absolute atomic E-state index is 0.0907. The number of esters is 4. The summed E-state index contributed by atoms with van der Waals surface area (Å²) in [6.45, 7) is 8.38. The van der Waals surface area contributed by atoms with Crippen molar-refractivity contribution in [3.63, 3.8) is 0 Å². The predicted molar refractivity (Wildman–Crippen MR) is 189 cm³/mol. The fraction of sp³-hybridized carbons (Fsp3) is 0.350. The van der Waals surface area contributed by atoms with Crippen LogP contribution in [-0.2, 0) is 19.1 Å². The van der Waals surface area contributed by atoms with Gasteiger partial charge >= 0.3 is 23.9 Å². The van der Waals surface area contributed by atoms with Gasteiger partial charge < -0.3 is 28.4 Å². The first-order chi connectivity index (χ1) is 25.2. The van der Waals surface area contributed by atoms with E-state index in [9.17, 15) is 28.0 Å². The Kier molecular flexibility index (Phi) is 18.1. The number of halogens is 2. The van der Waals surface area contributed by atoms with Crippen LogP contribution in [-0.4, -0.2) is 50.3 Å². The maximum atomic E-state index is 14.8. The van der Waals surface area contributed by atoms with Crippen LogP contribution >= 0.6 is 0 Å². The molecule has 0 atom stereocenters. The zero-order chi connectivity index (χ0) is 37.6. The number of benzene rings is 3. The molecule has 278 valence electrons. The van der Waals surface area contributed by atoms with Crippen molar-refractivity contribution in [2.24, 2.45) is 0 Å². The first-order valence-corrected chi connectivity index (χ1v) is 17.2. The third kappa shape index (κ3) is 15.2. The lowest BCUT2D eigenvalue weighted by Gasteiger charge is -2.11. The molecule has 0 amide bonds. The van der Waals surface area contributed by atoms with Crippen molar-refractivity contribution in [3.8, 4) is 23.0 Å². The van der Waals surface area contributed by atoms with Gasteiger partial charge in [-0.25, -0.2) is 28.0 Å². The molecule has 3 rings (SSSR count). The van der Waals surface area contributed by atoms with Crippen LogP contribution < -0.4 is 18.9 Å². The second kappa shape index (κ2) is 23.0. The summed E-state index contributed by atoms with van der Waals surface area (Å²) in [6.07, 6.45) is 11.1. The molecule has 0 unspecified atom stereocenters. The molecule has 0 bridgehead atoms. The maximum absolute atomic E-state index is 14.8. The van der Waals surface area contributed by atoms with Crippen LogP contribution in [0.3, 0.4) is 0 Å². The van der Waals surface area contributed by atoms with Gasteiger partial charge in [0.2, 0.25) is 0 Å². The van der Waals surface area contributed by atoms with Crippen LogP contribution in [0.2, 0.25) is 0 Å². The number of ether oxygens (including phenoxy) is 6. The van der Waals surface area contributed by atoms with Crippen LogP contribution in [0.15, 0.2) is 86.0 Å². The van der Waals surface area contributed by atoms with Crippen molar-refractivity contribution in [1.82, 2.24) is 0 Å². The third-order valence-electron chi connectivity index (χ3n) is 7.51. The molecule has 3 aromatic carbocycles. The average molecular weight is 723 g/mol. The van der Waals surface area contributed by atoms with Gasteiger partial charge in [-0.05, 0) is 74.2 Å². The molecule has 0 aliphatic carbocycles. The molecule has 0 spiro atoms. The van der Waals surface area contributed by atoms with Crippen LogP contribution in [0.4, 0.5) is 8.78 Å². The summed E-state index contributed by atoms with van der Waals surface area (Å²) in [4.78, 5) is 47.2. The van der Waals surface area contributed by atoms with Gasteiger partial charge in [0.15, 0.2) is 23.1 Å². The van der Waals surface area contributed by atoms with E-state index in [0.29, 0.717) is 50.1 Å². The summed E-state index contributed by atoms with van der Waals surface area (Å²) in [5.74, 6) is -5.16. The Bertz CT molecular complexity index is 1500. The number of hydrogen-bond acceptors (Lipinski definition) is 10. The molecule has 0 heterocycles. The van der Waals surface area contributed by atoms with Gasteiger partial charge in [0, 0.05) is 24.3 Å². The van der Waals surface area contributed by atoms with Crippen molar-refractivity contribution in [2.75, 3.05) is 26.4 Å². The van der Waals surface area contributed by atoms with Gasteiger partial charge in [-0.15, -0.1) is 0 Å². The Morgan fingerprint density at radius 2 is 0.827 bits per heavy atom. The Labute approximate surface area is 302 Å². The summed E-state index contributed by atoms with van der Waals surface area (Å²) < 4.78 is 60.9. The quantitative estimate of drug-likeness (QED) is 0.0385. The SMILES string of the molecule is C=CC(=O)OCCCCCCCOc1ccc(C(=O)Oc2cc(F)c(OC(=O)c3ccc(OCCCCCCCOC(=O)C=C)cc3)cc2F)cc1. The van der Waals surface area contributed by atoms with Crippen molar-refractivity contribution in [2.45, 2.75) is 64.2 Å². The highest BCUT2D eigenvalue weighted by Crippen LogP contribution is 2.28. The summed E-state index contributed by atoms with van der Waals surface area (Å²) in [5, 5.41) is 0. The number of carbonyl (C=O) groups is 4. The zero-order valence-corrected chi connectivity index (χ0v) is 29.1. The van der Waals surface area contributed by atoms with E-state index in [2.05, 4.69) is 13.2 Å². The standard InChI is InChI=1S/C40H44F2O10/c1-3-37(43)49-25-13-9-5-7-11-23-47-31-19-15-29(16-20-31)39(45)51-35-27-34(42)36(28-33(35)41)52-40(46)30-17-21-32(22-18-30)48-24-12-8-6-10-14-26-50-38(44)4-2/h3-4,15-22,27-28H,1-2,5-14,23-26H2. The van der Waals surface area contributed by atoms with Crippen molar-refractivity contribution < 1.29 is 56.4 Å². The fourth-order valence-corrected chi connectivity index (χ4v) is 4.67. The van der Waals surface area contributed by atoms with Crippen molar-refractivity contribution >= 4 is 23.9 Å². The summed E-state index contributed by atoms with van der Waals surface area (Å²) in [6, 6.07) is 13.3. The topological polar surface area (TPSA) is 124 Å². The fourth-order valence-electron chi connectivity index (χ4n) is 4.67. The molecule has 10 nitrogen and oxygen atoms in total. The minimum Gasteiger partial charge on any atom is -0.494 e. The number of rotatable bonds is 24. The highest BCUT2D eigenvalue weighted by atomic mass is 19.1. The van der Waals surface area contributed by atoms with Crippen molar-refractivity contribution in [1.29, 1.82) is 0 Å². The summed E-state index contributed by atoms with van der Waals surface area (Å²) in [5.41, 5.74) is 0.181. The Morgan fingerprint density at radius 1 is 0.500 bits per heavy atom. The zero-order valence-electron chi connectivity index (χ0n) is 29.1. The van der Waals surface area contributed by atoms with E-state index in [0.717, 1.165) is 76.4 Å². The van der Waals surface area contributed by atoms with Gasteiger partial charge in [0.25, 0.3) is 0 Å². The molecular formula is C40H44F2O10. The minimum atomic E-state index is -1.10. The molecule has 0 aromatic heterocycles. The molecule has 0 saturated heterocycles. The number of hydrogen-bond donors (Lipinski definition) is 0. The maximum Gasteiger partial charge on any atom is 0.343 e. The monoisotopic (exact) mass is 722 g/mol. The average Bonchev–Trinajstić information content (AvgIpc) is 3.15. The summed E-state index contributed by atoms with van der Waals surface area (Å²) >= 11 is 0. The second-order valence-corrected chi connectivity index (χ2v) is 11.5. The Hall–Kier alpha value is -5.52. The van der Waals surface area contributed by atoms with Crippen molar-refractivity contribution in [3.05, 3.63) is 109 Å². The number of carbonyl (C=O) groups excluding carboxylic acids is 4. The smallest absolute Gasteiger partial charge is 0.343 e. The van der Waals surface area contributed by atoms with E-state index < -0.39 is 47.0 Å². The largest absolute Gasteiger partial charge is 0.494 e. The van der Waals surface area contributed by atoms with Gasteiger partial charge in [-0.1, -0.05) is 51.7 Å². The lowest BCUT2D eigenvalue weighted by molar-refractivity contribution is -0.138. The Morgan fingerprint density at radius 3 is 1.17 bits per heavy atom. The molecule has 0 saturated carbocycles. The third-order valence-corrected chi connectivity index (χ3v) is 7.51. The highest BCUT2D eigenvalue weighted by Gasteiger charge is 2.19. The second-order valence-electron chi connectivity index (χ2n) is 11.5. The Balaban J connectivity index is 1.36. The molecule has 52 heavy (non-hydrogen) atoms. The van der Waals surface area contributed by atoms with E-state index in [1.165, 1.54) is 24.3 Å². The van der Waals surface area contributed by atoms with Crippen LogP contribution in [0, 0.1) is 11.6 Å². The van der Waals surface area contributed by atoms with Crippen LogP contribution in [0.1, 0.15) is 84.9 Å². The van der Waals surface area contributed by atoms with Gasteiger partial charge in [-0.2, -0.15) is 0 Å². The molecule has 0 aliphatic heterocycles. The van der Waals surface area contributed by atoms with Gasteiger partial charge in [-0.3, -0.25) is 0 Å². The molecule has 0 radical (unpaired) electrons. The van der Waals surface area contributed by atoms with Crippen LogP contribution in [0.5, 0.6) is 23.0 Å². The number of unbranched alkanes of at least 4 members (excludes halogenated alkanes) is 8. The van der Waals surface area contributed by atoms with E-state index >= 15 is 0 Å². The van der Waals surface area contributed by atoms with E-state index in [-0.39, 0.29) is 11.1 Å². The normalized spacial score (nSPS) is 10.5. The molecule has 0 N–H and O–H groups in total. The molecule has 12 heteroatoms. The molecule has 0 fully saturated rings. The van der Waals surface area contributed by atoms with E-state index in [4.69, 9.17) is 28.4 Å². The van der Waals surface area contributed by atoms with Crippen LogP contribution in [0.25, 0.3) is 0 Å². The highest BCUT2D eigenvalue weighted by molar-refractivity contribution is 5.92. The first kappa shape index (κ1) is 40.9. The summed E-state index contributed by atoms with van der Waals surface area (Å²) in [7, 11) is 0. The van der Waals surface area contributed by atoms with E-state index in [1.807, 2.05) is 0 Å². The molecule has 3 aromatic rings. The lowest BCUT2D eigenvalue weighted by Crippen LogP contribution is -2.12. The van der Waals surface area contributed by atoms with E-state index in [1.54, 1.807) is 24.3 Å². The van der Waals surface area contributed by atoms with Gasteiger partial charge in [0.05, 0.1) is 37.6 Å². The molecular weight excluding hydrogens is 678 g/mol.